The van der Waals surface area contributed by atoms with E-state index in [0.29, 0.717) is 6.04 Å². The van der Waals surface area contributed by atoms with Crippen molar-refractivity contribution in [3.05, 3.63) is 0 Å². The summed E-state index contributed by atoms with van der Waals surface area (Å²) in [6.07, 6.45) is 1.18. The van der Waals surface area contributed by atoms with Crippen molar-refractivity contribution in [2.45, 2.75) is 33.2 Å². The third-order valence-electron chi connectivity index (χ3n) is 4.22. The number of ether oxygens (including phenoxy) is 2. The molecular weight excluding hydrogens is 304 g/mol. The minimum Gasteiger partial charge on any atom is -0.379 e. The molecule has 0 bridgehead atoms. The van der Waals surface area contributed by atoms with E-state index in [1.165, 1.54) is 6.42 Å². The van der Waals surface area contributed by atoms with Gasteiger partial charge in [-0.1, -0.05) is 20.8 Å². The highest BCUT2D eigenvalue weighted by atomic mass is 16.5. The van der Waals surface area contributed by atoms with Gasteiger partial charge in [0.2, 0.25) is 0 Å². The van der Waals surface area contributed by atoms with Gasteiger partial charge in [-0.2, -0.15) is 0 Å². The highest BCUT2D eigenvalue weighted by Gasteiger charge is 2.15. The molecule has 0 unspecified atom stereocenters. The Morgan fingerprint density at radius 1 is 0.833 bits per heavy atom. The molecule has 0 aromatic rings. The van der Waals surface area contributed by atoms with Crippen LogP contribution in [-0.2, 0) is 9.47 Å². The normalized spacial score (nSPS) is 17.0. The van der Waals surface area contributed by atoms with Crippen molar-refractivity contribution in [3.63, 3.8) is 0 Å². The molecule has 1 aliphatic heterocycles. The zero-order valence-corrected chi connectivity index (χ0v) is 16.2. The van der Waals surface area contributed by atoms with Crippen LogP contribution in [0.3, 0.4) is 0 Å². The predicted octanol–water partition coefficient (Wildman–Crippen LogP) is 1.13. The van der Waals surface area contributed by atoms with Crippen molar-refractivity contribution in [1.82, 2.24) is 20.4 Å². The van der Waals surface area contributed by atoms with Gasteiger partial charge in [0.15, 0.2) is 0 Å². The van der Waals surface area contributed by atoms with E-state index in [1.807, 2.05) is 0 Å². The van der Waals surface area contributed by atoms with Gasteiger partial charge in [0.25, 0.3) is 0 Å². The average Bonchev–Trinajstić information content (AvgIpc) is 2.58. The van der Waals surface area contributed by atoms with Crippen LogP contribution in [0.2, 0.25) is 0 Å². The Kier molecular flexibility index (Phi) is 13.7. The van der Waals surface area contributed by atoms with E-state index in [9.17, 15) is 0 Å². The Morgan fingerprint density at radius 2 is 1.38 bits per heavy atom. The van der Waals surface area contributed by atoms with Crippen LogP contribution in [0.5, 0.6) is 0 Å². The molecule has 0 aromatic heterocycles. The summed E-state index contributed by atoms with van der Waals surface area (Å²) in [6, 6.07) is 0.540. The van der Waals surface area contributed by atoms with Crippen molar-refractivity contribution >= 4 is 0 Å². The number of hydrogen-bond acceptors (Lipinski definition) is 6. The standard InChI is InChI=1S/C18H40N4O2.2H2/c1-4-5-19-6-14-23-16-12-21-8-10-22(11-9-21)13-17-24-15-7-20-18(2)3;;/h18-20H,4-17H2,1-3H3;2*1H. The minimum atomic E-state index is 0. The number of piperazine rings is 1. The second-order valence-corrected chi connectivity index (χ2v) is 6.77. The highest BCUT2D eigenvalue weighted by Crippen LogP contribution is 2.01. The molecule has 0 radical (unpaired) electrons. The summed E-state index contributed by atoms with van der Waals surface area (Å²) in [5.41, 5.74) is 0. The third kappa shape index (κ3) is 12.2. The predicted molar refractivity (Wildman–Crippen MR) is 105 cm³/mol. The number of rotatable bonds is 15. The maximum absolute atomic E-state index is 5.69. The van der Waals surface area contributed by atoms with E-state index in [-0.39, 0.29) is 2.85 Å². The molecule has 0 saturated carbocycles. The number of nitrogens with zero attached hydrogens (tertiary/aromatic N) is 2. The maximum Gasteiger partial charge on any atom is 0.0594 e. The van der Waals surface area contributed by atoms with Gasteiger partial charge in [0.05, 0.1) is 26.4 Å². The molecule has 1 rings (SSSR count). The number of hydrogen-bond donors (Lipinski definition) is 2. The van der Waals surface area contributed by atoms with Crippen LogP contribution in [0.15, 0.2) is 0 Å². The van der Waals surface area contributed by atoms with E-state index >= 15 is 0 Å². The van der Waals surface area contributed by atoms with E-state index in [0.717, 1.165) is 85.3 Å². The molecule has 148 valence electrons. The average molecular weight is 349 g/mol. The van der Waals surface area contributed by atoms with Gasteiger partial charge >= 0.3 is 0 Å². The van der Waals surface area contributed by atoms with Gasteiger partial charge in [-0.3, -0.25) is 9.80 Å². The summed E-state index contributed by atoms with van der Waals surface area (Å²) in [6.45, 7) is 19.5. The Hall–Kier alpha value is -0.240. The molecule has 6 heteroatoms. The lowest BCUT2D eigenvalue weighted by molar-refractivity contribution is 0.0577. The van der Waals surface area contributed by atoms with Crippen LogP contribution in [0.1, 0.15) is 30.0 Å². The molecule has 1 heterocycles. The first-order valence-electron chi connectivity index (χ1n) is 9.76. The van der Waals surface area contributed by atoms with E-state index < -0.39 is 0 Å². The van der Waals surface area contributed by atoms with Crippen molar-refractivity contribution < 1.29 is 12.3 Å². The largest absolute Gasteiger partial charge is 0.379 e. The van der Waals surface area contributed by atoms with Gasteiger partial charge in [-0.15, -0.1) is 0 Å². The summed E-state index contributed by atoms with van der Waals surface area (Å²) >= 11 is 0. The van der Waals surface area contributed by atoms with Crippen LogP contribution < -0.4 is 10.6 Å². The van der Waals surface area contributed by atoms with Gasteiger partial charge in [0.1, 0.15) is 0 Å². The van der Waals surface area contributed by atoms with E-state index in [2.05, 4.69) is 41.2 Å². The minimum absolute atomic E-state index is 0. The molecule has 0 amide bonds. The summed E-state index contributed by atoms with van der Waals surface area (Å²) in [5.74, 6) is 0. The van der Waals surface area contributed by atoms with Gasteiger partial charge in [-0.05, 0) is 13.0 Å². The van der Waals surface area contributed by atoms with Crippen molar-refractivity contribution in [2.75, 3.05) is 85.3 Å². The van der Waals surface area contributed by atoms with Crippen molar-refractivity contribution in [2.24, 2.45) is 0 Å². The van der Waals surface area contributed by atoms with Crippen LogP contribution in [-0.4, -0.2) is 101 Å². The fourth-order valence-corrected chi connectivity index (χ4v) is 2.69. The molecule has 1 fully saturated rings. The monoisotopic (exact) mass is 348 g/mol. The summed E-state index contributed by atoms with van der Waals surface area (Å²) in [5, 5.41) is 6.72. The topological polar surface area (TPSA) is 49.0 Å². The molecule has 6 nitrogen and oxygen atoms in total. The summed E-state index contributed by atoms with van der Waals surface area (Å²) in [7, 11) is 0. The molecule has 0 spiro atoms. The molecule has 0 atom stereocenters. The Balaban J connectivity index is 0. The van der Waals surface area contributed by atoms with Crippen molar-refractivity contribution in [3.8, 4) is 0 Å². The van der Waals surface area contributed by atoms with Crippen molar-refractivity contribution in [1.29, 1.82) is 0 Å². The summed E-state index contributed by atoms with van der Waals surface area (Å²) < 4.78 is 11.4. The van der Waals surface area contributed by atoms with Gasteiger partial charge in [0, 0.05) is 61.3 Å². The quantitative estimate of drug-likeness (QED) is 0.433. The Bertz CT molecular complexity index is 282. The first-order chi connectivity index (χ1) is 11.7. The Labute approximate surface area is 152 Å². The molecule has 1 aliphatic rings. The zero-order chi connectivity index (χ0) is 17.5. The lowest BCUT2D eigenvalue weighted by Gasteiger charge is -2.34. The van der Waals surface area contributed by atoms with Crippen LogP contribution in [0.4, 0.5) is 0 Å². The van der Waals surface area contributed by atoms with E-state index in [4.69, 9.17) is 9.47 Å². The fourth-order valence-electron chi connectivity index (χ4n) is 2.69. The number of nitrogens with one attached hydrogen (secondary N) is 2. The van der Waals surface area contributed by atoms with Crippen LogP contribution in [0.25, 0.3) is 0 Å². The lowest BCUT2D eigenvalue weighted by atomic mass is 10.3. The summed E-state index contributed by atoms with van der Waals surface area (Å²) in [4.78, 5) is 5.01. The molecule has 2 N–H and O–H groups in total. The third-order valence-corrected chi connectivity index (χ3v) is 4.22. The fraction of sp³-hybridized carbons (Fsp3) is 1.00. The van der Waals surface area contributed by atoms with Crippen LogP contribution in [0, 0.1) is 0 Å². The molecule has 0 aromatic carbocycles. The molecular formula is C18H44N4O2. The van der Waals surface area contributed by atoms with Gasteiger partial charge in [-0.25, -0.2) is 0 Å². The first-order valence-corrected chi connectivity index (χ1v) is 9.76. The first kappa shape index (κ1) is 21.8. The molecule has 24 heavy (non-hydrogen) atoms. The maximum atomic E-state index is 5.69. The second-order valence-electron chi connectivity index (χ2n) is 6.77. The van der Waals surface area contributed by atoms with Crippen LogP contribution >= 0.6 is 0 Å². The lowest BCUT2D eigenvalue weighted by Crippen LogP contribution is -2.48. The van der Waals surface area contributed by atoms with E-state index in [1.54, 1.807) is 0 Å². The second kappa shape index (κ2) is 15.0. The molecule has 1 saturated heterocycles. The SMILES string of the molecule is CCCNCCOCCN1CCN(CCOCCNC(C)C)CC1.[HH].[HH]. The smallest absolute Gasteiger partial charge is 0.0594 e. The molecule has 0 aliphatic carbocycles. The van der Waals surface area contributed by atoms with Gasteiger partial charge < -0.3 is 20.1 Å². The highest BCUT2D eigenvalue weighted by molar-refractivity contribution is 4.71. The Morgan fingerprint density at radius 3 is 1.88 bits per heavy atom. The zero-order valence-electron chi connectivity index (χ0n) is 16.2.